The predicted octanol–water partition coefficient (Wildman–Crippen LogP) is 4.25. The smallest absolute Gasteiger partial charge is 0.346 e. The summed E-state index contributed by atoms with van der Waals surface area (Å²) in [5.74, 6) is 0.535. The van der Waals surface area contributed by atoms with Crippen molar-refractivity contribution < 1.29 is 24.6 Å². The summed E-state index contributed by atoms with van der Waals surface area (Å²) >= 11 is 1.33. The fourth-order valence-corrected chi connectivity index (χ4v) is 3.36. The van der Waals surface area contributed by atoms with Crippen molar-refractivity contribution in [2.75, 3.05) is 14.2 Å². The first kappa shape index (κ1) is 23.3. The van der Waals surface area contributed by atoms with Crippen LogP contribution in [-0.4, -0.2) is 25.2 Å². The molecule has 0 bridgehead atoms. The maximum Gasteiger partial charge on any atom is 0.346 e. The van der Waals surface area contributed by atoms with Gasteiger partial charge in [0.05, 0.1) is 25.5 Å². The van der Waals surface area contributed by atoms with E-state index in [1.54, 1.807) is 20.3 Å². The molecule has 2 aromatic rings. The Kier molecular flexibility index (Phi) is 8.73. The lowest BCUT2D eigenvalue weighted by molar-refractivity contribution is -0.853. The number of hydrogen-bond acceptors (Lipinski definition) is 6. The Morgan fingerprint density at radius 2 is 2.10 bits per heavy atom. The Morgan fingerprint density at radius 1 is 1.33 bits per heavy atom. The average molecular weight is 428 g/mol. The molecule has 0 saturated carbocycles. The number of allylic oxidation sites excluding steroid dienone is 3. The molecular formula is C23H27N2O4S+. The third kappa shape index (κ3) is 5.76. The van der Waals surface area contributed by atoms with Crippen LogP contribution in [0.25, 0.3) is 16.8 Å². The van der Waals surface area contributed by atoms with E-state index in [-0.39, 0.29) is 5.57 Å². The highest BCUT2D eigenvalue weighted by atomic mass is 32.1. The van der Waals surface area contributed by atoms with E-state index in [2.05, 4.69) is 18.1 Å². The second kappa shape index (κ2) is 11.3. The van der Waals surface area contributed by atoms with Gasteiger partial charge in [-0.05, 0) is 37.1 Å². The molecule has 1 heterocycles. The van der Waals surface area contributed by atoms with Crippen molar-refractivity contribution in [2.45, 2.75) is 20.3 Å². The van der Waals surface area contributed by atoms with Gasteiger partial charge in [0.25, 0.3) is 0 Å². The van der Waals surface area contributed by atoms with Crippen LogP contribution in [0.3, 0.4) is 0 Å². The monoisotopic (exact) mass is 427 g/mol. The summed E-state index contributed by atoms with van der Waals surface area (Å²) in [7, 11) is 3.16. The molecular weight excluding hydrogens is 400 g/mol. The van der Waals surface area contributed by atoms with Gasteiger partial charge in [0, 0.05) is 10.9 Å². The van der Waals surface area contributed by atoms with Crippen molar-refractivity contribution in [1.29, 1.82) is 0 Å². The molecule has 0 amide bonds. The number of thiazole rings is 1. The predicted molar refractivity (Wildman–Crippen MR) is 119 cm³/mol. The van der Waals surface area contributed by atoms with Gasteiger partial charge >= 0.3 is 5.97 Å². The Bertz CT molecular complexity index is 989. The van der Waals surface area contributed by atoms with Crippen molar-refractivity contribution in [3.05, 3.63) is 77.0 Å². The standard InChI is InChI=1S/C23H26N2O4S/c1-7-10-19(25-28-6)21(15(3)8-2)29-23(26)16(4)22-24-20(14-30-22)17-11-9-12-18(13-17)27-5/h8-14,25H,2,4,7H2,1,3,5-6H3/p+1/b19-10+,21-15+. The molecule has 1 aromatic heterocycles. The minimum Gasteiger partial charge on any atom is -0.497 e. The van der Waals surface area contributed by atoms with Gasteiger partial charge in [-0.15, -0.1) is 11.3 Å². The zero-order valence-electron chi connectivity index (χ0n) is 17.7. The molecule has 0 unspecified atom stereocenters. The first-order valence-corrected chi connectivity index (χ1v) is 10.2. The van der Waals surface area contributed by atoms with Crippen LogP contribution in [0.15, 0.2) is 72.0 Å². The van der Waals surface area contributed by atoms with Crippen molar-refractivity contribution in [3.63, 3.8) is 0 Å². The Hall–Kier alpha value is -3.00. The topological polar surface area (TPSA) is 74.3 Å². The fourth-order valence-electron chi connectivity index (χ4n) is 2.57. The van der Waals surface area contributed by atoms with Crippen LogP contribution in [0.1, 0.15) is 25.3 Å². The molecule has 7 heteroatoms. The first-order valence-electron chi connectivity index (χ1n) is 9.36. The molecule has 0 aliphatic rings. The van der Waals surface area contributed by atoms with Crippen LogP contribution >= 0.6 is 11.3 Å². The van der Waals surface area contributed by atoms with E-state index in [0.717, 1.165) is 23.4 Å². The van der Waals surface area contributed by atoms with Crippen LogP contribution in [0.2, 0.25) is 0 Å². The van der Waals surface area contributed by atoms with Crippen molar-refractivity contribution in [3.8, 4) is 17.0 Å². The van der Waals surface area contributed by atoms with Crippen LogP contribution in [0, 0.1) is 0 Å². The number of esters is 1. The number of quaternary nitrogens is 1. The number of nitrogens with two attached hydrogens (primary N) is 1. The lowest BCUT2D eigenvalue weighted by Crippen LogP contribution is -2.80. The largest absolute Gasteiger partial charge is 0.497 e. The minimum atomic E-state index is -0.579. The van der Waals surface area contributed by atoms with E-state index in [1.165, 1.54) is 16.8 Å². The molecule has 30 heavy (non-hydrogen) atoms. The summed E-state index contributed by atoms with van der Waals surface area (Å²) < 4.78 is 10.9. The van der Waals surface area contributed by atoms with E-state index in [9.17, 15) is 4.79 Å². The maximum absolute atomic E-state index is 12.8. The zero-order chi connectivity index (χ0) is 22.1. The molecule has 158 valence electrons. The number of benzene rings is 1. The van der Waals surface area contributed by atoms with Gasteiger partial charge in [0.1, 0.15) is 10.8 Å². The molecule has 0 atom stereocenters. The number of hydroxylamine groups is 1. The Balaban J connectivity index is 2.26. The summed E-state index contributed by atoms with van der Waals surface area (Å²) in [6.45, 7) is 11.5. The third-order valence-corrected chi connectivity index (χ3v) is 5.07. The molecule has 0 fully saturated rings. The number of ether oxygens (including phenoxy) is 2. The van der Waals surface area contributed by atoms with E-state index in [0.29, 0.717) is 22.0 Å². The van der Waals surface area contributed by atoms with Crippen LogP contribution in [0.5, 0.6) is 5.75 Å². The number of rotatable bonds is 10. The third-order valence-electron chi connectivity index (χ3n) is 4.16. The Labute approximate surface area is 181 Å². The second-order valence-corrected chi connectivity index (χ2v) is 7.13. The highest BCUT2D eigenvalue weighted by Crippen LogP contribution is 2.29. The molecule has 6 nitrogen and oxygen atoms in total. The molecule has 0 aliphatic carbocycles. The first-order chi connectivity index (χ1) is 14.4. The number of methoxy groups -OCH3 is 1. The maximum atomic E-state index is 12.8. The van der Waals surface area contributed by atoms with E-state index < -0.39 is 5.97 Å². The molecule has 2 rings (SSSR count). The second-order valence-electron chi connectivity index (χ2n) is 6.28. The van der Waals surface area contributed by atoms with Crippen molar-refractivity contribution >= 4 is 22.9 Å². The molecule has 1 aromatic carbocycles. The van der Waals surface area contributed by atoms with Gasteiger partial charge < -0.3 is 9.47 Å². The van der Waals surface area contributed by atoms with Crippen LogP contribution in [0.4, 0.5) is 0 Å². The molecule has 0 spiro atoms. The summed E-state index contributed by atoms with van der Waals surface area (Å²) in [5, 5.41) is 2.36. The molecule has 2 N–H and O–H groups in total. The molecule has 0 aliphatic heterocycles. The van der Waals surface area contributed by atoms with Crippen molar-refractivity contribution in [1.82, 2.24) is 4.98 Å². The summed E-state index contributed by atoms with van der Waals surface area (Å²) in [6, 6.07) is 7.57. The summed E-state index contributed by atoms with van der Waals surface area (Å²) in [5.41, 5.74) is 4.71. The number of aromatic nitrogens is 1. The van der Waals surface area contributed by atoms with Gasteiger partial charge in [-0.2, -0.15) is 5.48 Å². The summed E-state index contributed by atoms with van der Waals surface area (Å²) in [6.07, 6.45) is 4.28. The number of hydrogen-bond donors (Lipinski definition) is 1. The molecule has 0 saturated heterocycles. The SMILES string of the molecule is C=C/C(C)=C(OC(=O)C(=C)c1nc(-c2cccc(OC)c2)cs1)\C(=C/CC)[NH2+]OC. The lowest BCUT2D eigenvalue weighted by atomic mass is 10.1. The van der Waals surface area contributed by atoms with Gasteiger partial charge in [-0.25, -0.2) is 14.6 Å². The number of nitrogens with zero attached hydrogens (tertiary/aromatic N) is 1. The molecule has 0 radical (unpaired) electrons. The van der Waals surface area contributed by atoms with Gasteiger partial charge in [-0.1, -0.05) is 38.3 Å². The van der Waals surface area contributed by atoms with E-state index in [1.807, 2.05) is 49.6 Å². The van der Waals surface area contributed by atoms with E-state index >= 15 is 0 Å². The normalized spacial score (nSPS) is 12.2. The lowest BCUT2D eigenvalue weighted by Gasteiger charge is -2.12. The Morgan fingerprint density at radius 3 is 2.73 bits per heavy atom. The fraction of sp³-hybridized carbons (Fsp3) is 0.217. The summed E-state index contributed by atoms with van der Waals surface area (Å²) in [4.78, 5) is 22.5. The highest BCUT2D eigenvalue weighted by molar-refractivity contribution is 7.11. The average Bonchev–Trinajstić information content (AvgIpc) is 3.26. The number of carbonyl (C=O) groups is 1. The van der Waals surface area contributed by atoms with Crippen LogP contribution in [-0.2, 0) is 14.4 Å². The quantitative estimate of drug-likeness (QED) is 0.202. The van der Waals surface area contributed by atoms with Gasteiger partial charge in [-0.3, -0.25) is 0 Å². The van der Waals surface area contributed by atoms with Crippen LogP contribution < -0.4 is 10.2 Å². The van der Waals surface area contributed by atoms with Crippen molar-refractivity contribution in [2.24, 2.45) is 0 Å². The van der Waals surface area contributed by atoms with Gasteiger partial charge in [0.15, 0.2) is 5.76 Å². The zero-order valence-corrected chi connectivity index (χ0v) is 18.5. The number of carbonyl (C=O) groups excluding carboxylic acids is 1. The highest BCUT2D eigenvalue weighted by Gasteiger charge is 2.22. The minimum absolute atomic E-state index is 0.178. The van der Waals surface area contributed by atoms with Gasteiger partial charge in [0.2, 0.25) is 5.70 Å². The van der Waals surface area contributed by atoms with E-state index in [4.69, 9.17) is 14.3 Å².